The van der Waals surface area contributed by atoms with Crippen molar-refractivity contribution in [2.45, 2.75) is 333 Å². The number of unbranched alkanes of at least 4 members (excludes halogenated alkanes) is 39. The Hall–Kier alpha value is -1.33. The summed E-state index contributed by atoms with van der Waals surface area (Å²) >= 11 is 0. The molecule has 0 aromatic heterocycles. The maximum atomic E-state index is 12.9. The van der Waals surface area contributed by atoms with Gasteiger partial charge in [-0.25, -0.2) is 0 Å². The molecule has 4 N–H and O–H groups in total. The van der Waals surface area contributed by atoms with Crippen LogP contribution in [-0.4, -0.2) is 89.6 Å². The lowest BCUT2D eigenvalue weighted by Gasteiger charge is -2.39. The van der Waals surface area contributed by atoms with Crippen molar-refractivity contribution < 1.29 is 44.2 Å². The van der Waals surface area contributed by atoms with Gasteiger partial charge < -0.3 is 39.4 Å². The normalized spacial score (nSPS) is 19.0. The fraction of sp³-hybridized carbons (Fsp3) is 0.918. The summed E-state index contributed by atoms with van der Waals surface area (Å²) in [5.41, 5.74) is 0. The maximum Gasteiger partial charge on any atom is 0.306 e. The SMILES string of the molecule is CCCCCCC/C=C\C/C=C\CCCCCCCCCCCCCCCC(=O)OC(COCCCCCCCCCCCCCCCCCCCCCCCC)COC1OC(CO)C(O)C(O)C1O. The van der Waals surface area contributed by atoms with E-state index in [1.54, 1.807) is 0 Å². The summed E-state index contributed by atoms with van der Waals surface area (Å²) in [5, 5.41) is 40.4. The number of esters is 1. The summed E-state index contributed by atoms with van der Waals surface area (Å²) in [7, 11) is 0. The molecule has 6 atom stereocenters. The zero-order valence-corrected chi connectivity index (χ0v) is 46.0. The monoisotopic (exact) mass is 993 g/mol. The van der Waals surface area contributed by atoms with Crippen LogP contribution in [0.2, 0.25) is 0 Å². The van der Waals surface area contributed by atoms with Crippen molar-refractivity contribution in [3.63, 3.8) is 0 Å². The van der Waals surface area contributed by atoms with Crippen molar-refractivity contribution in [1.29, 1.82) is 0 Å². The number of hydrogen-bond acceptors (Lipinski definition) is 9. The molecule has 0 amide bonds. The highest BCUT2D eigenvalue weighted by molar-refractivity contribution is 5.69. The average Bonchev–Trinajstić information content (AvgIpc) is 3.36. The number of aliphatic hydroxyl groups excluding tert-OH is 4. The standard InChI is InChI=1S/C61H116O9/c1-3-5-7-9-11-13-15-17-19-21-23-25-27-28-29-30-32-34-36-38-40-42-44-46-48-50-57(63)69-55(54-68-61-60(66)59(65)58(64)56(52-62)70-61)53-67-51-49-47-45-43-41-39-37-35-33-31-26-24-22-20-18-16-14-12-10-8-6-4-2/h15,17,21,23,55-56,58-62,64-66H,3-14,16,18-20,22,24-54H2,1-2H3/b17-15-,23-21-. The number of ether oxygens (including phenoxy) is 4. The Morgan fingerprint density at radius 3 is 1.23 bits per heavy atom. The third kappa shape index (κ3) is 42.1. The van der Waals surface area contributed by atoms with Crippen LogP contribution in [0.25, 0.3) is 0 Å². The van der Waals surface area contributed by atoms with Gasteiger partial charge in [-0.2, -0.15) is 0 Å². The Bertz CT molecular complexity index is 1130. The van der Waals surface area contributed by atoms with Gasteiger partial charge in [0.2, 0.25) is 0 Å². The van der Waals surface area contributed by atoms with Gasteiger partial charge in [-0.05, 0) is 44.9 Å². The van der Waals surface area contributed by atoms with E-state index < -0.39 is 43.4 Å². The maximum absolute atomic E-state index is 12.9. The number of aliphatic hydroxyl groups is 4. The van der Waals surface area contributed by atoms with Crippen LogP contribution in [0.15, 0.2) is 24.3 Å². The molecule has 0 radical (unpaired) electrons. The highest BCUT2D eigenvalue weighted by Crippen LogP contribution is 2.23. The number of allylic oxidation sites excluding steroid dienone is 4. The third-order valence-corrected chi connectivity index (χ3v) is 14.4. The van der Waals surface area contributed by atoms with Gasteiger partial charge in [0.15, 0.2) is 6.29 Å². The summed E-state index contributed by atoms with van der Waals surface area (Å²) in [6, 6.07) is 0. The van der Waals surface area contributed by atoms with Crippen molar-refractivity contribution in [3.05, 3.63) is 24.3 Å². The van der Waals surface area contributed by atoms with Gasteiger partial charge >= 0.3 is 5.97 Å². The molecule has 6 unspecified atom stereocenters. The van der Waals surface area contributed by atoms with E-state index in [1.165, 1.54) is 238 Å². The smallest absolute Gasteiger partial charge is 0.306 e. The Morgan fingerprint density at radius 1 is 0.457 bits per heavy atom. The van der Waals surface area contributed by atoms with Crippen LogP contribution < -0.4 is 0 Å². The zero-order valence-electron chi connectivity index (χ0n) is 46.0. The topological polar surface area (TPSA) is 135 Å². The lowest BCUT2D eigenvalue weighted by atomic mass is 9.99. The van der Waals surface area contributed by atoms with Crippen LogP contribution in [0.5, 0.6) is 0 Å². The molecule has 9 heteroatoms. The first-order valence-corrected chi connectivity index (χ1v) is 30.4. The van der Waals surface area contributed by atoms with Crippen LogP contribution in [0.4, 0.5) is 0 Å². The van der Waals surface area contributed by atoms with E-state index in [-0.39, 0.29) is 19.2 Å². The molecule has 0 aliphatic carbocycles. The Morgan fingerprint density at radius 2 is 0.829 bits per heavy atom. The van der Waals surface area contributed by atoms with E-state index in [0.29, 0.717) is 13.0 Å². The fourth-order valence-corrected chi connectivity index (χ4v) is 9.64. The number of rotatable bonds is 54. The van der Waals surface area contributed by atoms with Crippen LogP contribution in [-0.2, 0) is 23.7 Å². The predicted molar refractivity (Wildman–Crippen MR) is 293 cm³/mol. The van der Waals surface area contributed by atoms with E-state index >= 15 is 0 Å². The molecule has 414 valence electrons. The molecule has 1 heterocycles. The summed E-state index contributed by atoms with van der Waals surface area (Å²) in [6.07, 6.45) is 58.0. The Balaban J connectivity index is 2.12. The molecule has 1 rings (SSSR count). The van der Waals surface area contributed by atoms with E-state index in [2.05, 4.69) is 38.2 Å². The average molecular weight is 994 g/mol. The van der Waals surface area contributed by atoms with Crippen molar-refractivity contribution in [2.24, 2.45) is 0 Å². The van der Waals surface area contributed by atoms with Gasteiger partial charge in [0, 0.05) is 13.0 Å². The van der Waals surface area contributed by atoms with Crippen LogP contribution in [0, 0.1) is 0 Å². The summed E-state index contributed by atoms with van der Waals surface area (Å²) in [5.74, 6) is -0.307. The van der Waals surface area contributed by atoms with Crippen molar-refractivity contribution in [2.75, 3.05) is 26.4 Å². The predicted octanol–water partition coefficient (Wildman–Crippen LogP) is 16.0. The molecule has 0 saturated carbocycles. The summed E-state index contributed by atoms with van der Waals surface area (Å²) in [6.45, 7) is 4.62. The molecular formula is C61H116O9. The number of hydrogen-bond donors (Lipinski definition) is 4. The molecule has 1 aliphatic rings. The van der Waals surface area contributed by atoms with Gasteiger partial charge in [0.25, 0.3) is 0 Å². The van der Waals surface area contributed by atoms with Gasteiger partial charge in [0.05, 0.1) is 19.8 Å². The molecule has 0 aromatic rings. The van der Waals surface area contributed by atoms with Gasteiger partial charge in [-0.15, -0.1) is 0 Å². The second kappa shape index (κ2) is 52.5. The van der Waals surface area contributed by atoms with Crippen LogP contribution >= 0.6 is 0 Å². The van der Waals surface area contributed by atoms with E-state index in [9.17, 15) is 25.2 Å². The molecule has 70 heavy (non-hydrogen) atoms. The van der Waals surface area contributed by atoms with Crippen molar-refractivity contribution in [3.8, 4) is 0 Å². The van der Waals surface area contributed by atoms with E-state index in [4.69, 9.17) is 18.9 Å². The summed E-state index contributed by atoms with van der Waals surface area (Å²) in [4.78, 5) is 12.9. The van der Waals surface area contributed by atoms with Crippen LogP contribution in [0.3, 0.4) is 0 Å². The minimum absolute atomic E-state index is 0.108. The molecule has 0 bridgehead atoms. The van der Waals surface area contributed by atoms with Gasteiger partial charge in [0.1, 0.15) is 30.5 Å². The highest BCUT2D eigenvalue weighted by Gasteiger charge is 2.44. The third-order valence-electron chi connectivity index (χ3n) is 14.4. The molecule has 1 saturated heterocycles. The highest BCUT2D eigenvalue weighted by atomic mass is 16.7. The molecule has 0 aromatic carbocycles. The number of carbonyl (C=O) groups excluding carboxylic acids is 1. The first-order chi connectivity index (χ1) is 34.4. The molecule has 0 spiro atoms. The first-order valence-electron chi connectivity index (χ1n) is 30.4. The Labute approximate surface area is 432 Å². The minimum atomic E-state index is -1.53. The molecular weight excluding hydrogens is 877 g/mol. The van der Waals surface area contributed by atoms with Crippen molar-refractivity contribution in [1.82, 2.24) is 0 Å². The second-order valence-electron chi connectivity index (χ2n) is 21.2. The second-order valence-corrected chi connectivity index (χ2v) is 21.2. The molecule has 1 aliphatic heterocycles. The number of carbonyl (C=O) groups is 1. The van der Waals surface area contributed by atoms with Crippen LogP contribution in [0.1, 0.15) is 296 Å². The Kier molecular flexibility index (Phi) is 50.0. The fourth-order valence-electron chi connectivity index (χ4n) is 9.64. The van der Waals surface area contributed by atoms with Gasteiger partial charge in [-0.3, -0.25) is 4.79 Å². The van der Waals surface area contributed by atoms with Crippen molar-refractivity contribution >= 4 is 5.97 Å². The largest absolute Gasteiger partial charge is 0.457 e. The summed E-state index contributed by atoms with van der Waals surface area (Å²) < 4.78 is 23.0. The lowest BCUT2D eigenvalue weighted by molar-refractivity contribution is -0.305. The van der Waals surface area contributed by atoms with E-state index in [0.717, 1.165) is 38.5 Å². The quantitative estimate of drug-likeness (QED) is 0.0267. The van der Waals surface area contributed by atoms with Gasteiger partial charge in [-0.1, -0.05) is 269 Å². The lowest BCUT2D eigenvalue weighted by Crippen LogP contribution is -2.59. The first kappa shape index (κ1) is 66.7. The van der Waals surface area contributed by atoms with E-state index in [1.807, 2.05) is 0 Å². The zero-order chi connectivity index (χ0) is 50.6. The molecule has 1 fully saturated rings. The molecule has 9 nitrogen and oxygen atoms in total. The minimum Gasteiger partial charge on any atom is -0.457 e.